The molecule has 0 spiro atoms. The van der Waals surface area contributed by atoms with E-state index in [1.165, 1.54) is 6.20 Å². The lowest BCUT2D eigenvalue weighted by molar-refractivity contribution is 0.186. The van der Waals surface area contributed by atoms with Gasteiger partial charge in [-0.3, -0.25) is 0 Å². The van der Waals surface area contributed by atoms with Crippen molar-refractivity contribution in [3.05, 3.63) is 18.3 Å². The normalized spacial score (nSPS) is 19.5. The summed E-state index contributed by atoms with van der Waals surface area (Å²) in [5.74, 6) is 0.939. The maximum absolute atomic E-state index is 12.0. The number of rotatable bonds is 6. The lowest BCUT2D eigenvalue weighted by Gasteiger charge is -2.10. The summed E-state index contributed by atoms with van der Waals surface area (Å²) >= 11 is 0. The molecule has 1 atom stereocenters. The summed E-state index contributed by atoms with van der Waals surface area (Å²) in [6, 6.07) is 3.22. The van der Waals surface area contributed by atoms with Crippen molar-refractivity contribution in [2.24, 2.45) is 5.92 Å². The fourth-order valence-corrected chi connectivity index (χ4v) is 2.94. The number of nitrogens with one attached hydrogen (secondary N) is 2. The first-order valence-corrected chi connectivity index (χ1v) is 7.87. The van der Waals surface area contributed by atoms with Crippen molar-refractivity contribution in [2.75, 3.05) is 31.6 Å². The molecule has 0 bridgehead atoms. The van der Waals surface area contributed by atoms with Crippen molar-refractivity contribution in [3.8, 4) is 0 Å². The molecule has 1 unspecified atom stereocenters. The van der Waals surface area contributed by atoms with Gasteiger partial charge in [0.1, 0.15) is 10.7 Å². The van der Waals surface area contributed by atoms with Crippen LogP contribution in [0.5, 0.6) is 0 Å². The first kappa shape index (κ1) is 14.2. The number of sulfonamides is 1. The van der Waals surface area contributed by atoms with Crippen LogP contribution >= 0.6 is 0 Å². The van der Waals surface area contributed by atoms with Crippen LogP contribution in [-0.4, -0.2) is 39.7 Å². The summed E-state index contributed by atoms with van der Waals surface area (Å²) in [5, 5.41) is 3.02. The highest BCUT2D eigenvalue weighted by Gasteiger charge is 2.20. The summed E-state index contributed by atoms with van der Waals surface area (Å²) < 4.78 is 31.9. The molecule has 0 radical (unpaired) electrons. The minimum Gasteiger partial charge on any atom is -0.381 e. The fourth-order valence-electron chi connectivity index (χ4n) is 1.88. The van der Waals surface area contributed by atoms with Crippen molar-refractivity contribution in [2.45, 2.75) is 18.2 Å². The Bertz CT molecular complexity index is 495. The van der Waals surface area contributed by atoms with Gasteiger partial charge in [-0.05, 0) is 31.4 Å². The summed E-state index contributed by atoms with van der Waals surface area (Å²) in [6.45, 7) is 4.46. The summed E-state index contributed by atoms with van der Waals surface area (Å²) in [5.41, 5.74) is 0. The van der Waals surface area contributed by atoms with E-state index in [4.69, 9.17) is 4.74 Å². The van der Waals surface area contributed by atoms with Crippen molar-refractivity contribution in [3.63, 3.8) is 0 Å². The summed E-state index contributed by atoms with van der Waals surface area (Å²) in [4.78, 5) is 4.25. The summed E-state index contributed by atoms with van der Waals surface area (Å²) in [7, 11) is -3.48. The topological polar surface area (TPSA) is 80.3 Å². The van der Waals surface area contributed by atoms with Crippen LogP contribution in [0.15, 0.2) is 23.2 Å². The maximum Gasteiger partial charge on any atom is 0.242 e. The monoisotopic (exact) mass is 285 g/mol. The van der Waals surface area contributed by atoms with E-state index in [1.807, 2.05) is 6.92 Å². The van der Waals surface area contributed by atoms with Gasteiger partial charge < -0.3 is 10.1 Å². The van der Waals surface area contributed by atoms with Crippen molar-refractivity contribution < 1.29 is 13.2 Å². The van der Waals surface area contributed by atoms with Crippen LogP contribution in [0, 0.1) is 5.92 Å². The zero-order valence-electron chi connectivity index (χ0n) is 10.9. The predicted octanol–water partition coefficient (Wildman–Crippen LogP) is 0.828. The zero-order valence-corrected chi connectivity index (χ0v) is 11.7. The van der Waals surface area contributed by atoms with Gasteiger partial charge in [0.2, 0.25) is 10.0 Å². The van der Waals surface area contributed by atoms with Gasteiger partial charge in [-0.1, -0.05) is 0 Å². The minimum atomic E-state index is -3.48. The third kappa shape index (κ3) is 3.89. The largest absolute Gasteiger partial charge is 0.381 e. The second-order valence-electron chi connectivity index (χ2n) is 4.49. The van der Waals surface area contributed by atoms with Gasteiger partial charge in [0.15, 0.2) is 0 Å². The SMILES string of the molecule is CCNc1ccc(S(=O)(=O)NCC2CCOC2)cn1. The van der Waals surface area contributed by atoms with Crippen LogP contribution in [0.25, 0.3) is 0 Å². The Morgan fingerprint density at radius 1 is 1.47 bits per heavy atom. The number of hydrogen-bond acceptors (Lipinski definition) is 5. The molecule has 19 heavy (non-hydrogen) atoms. The van der Waals surface area contributed by atoms with Gasteiger partial charge in [0, 0.05) is 25.9 Å². The Labute approximate surface area is 113 Å². The molecule has 1 aliphatic heterocycles. The molecule has 0 aromatic carbocycles. The van der Waals surface area contributed by atoms with E-state index in [0.29, 0.717) is 25.6 Å². The molecule has 0 saturated carbocycles. The van der Waals surface area contributed by atoms with Gasteiger partial charge in [-0.15, -0.1) is 0 Å². The molecule has 0 aliphatic carbocycles. The predicted molar refractivity (Wildman–Crippen MR) is 72.5 cm³/mol. The third-order valence-corrected chi connectivity index (χ3v) is 4.40. The Kier molecular flexibility index (Phi) is 4.73. The molecule has 1 aromatic heterocycles. The van der Waals surface area contributed by atoms with Gasteiger partial charge >= 0.3 is 0 Å². The Balaban J connectivity index is 1.97. The van der Waals surface area contributed by atoms with Crippen LogP contribution in [-0.2, 0) is 14.8 Å². The van der Waals surface area contributed by atoms with Crippen LogP contribution in [0.4, 0.5) is 5.82 Å². The minimum absolute atomic E-state index is 0.188. The van der Waals surface area contributed by atoms with Crippen LogP contribution in [0.2, 0.25) is 0 Å². The van der Waals surface area contributed by atoms with E-state index >= 15 is 0 Å². The number of ether oxygens (including phenoxy) is 1. The van der Waals surface area contributed by atoms with Crippen molar-refractivity contribution >= 4 is 15.8 Å². The lowest BCUT2D eigenvalue weighted by atomic mass is 10.1. The molecule has 2 rings (SSSR count). The number of nitrogens with zero attached hydrogens (tertiary/aromatic N) is 1. The highest BCUT2D eigenvalue weighted by Crippen LogP contribution is 2.14. The van der Waals surface area contributed by atoms with Crippen LogP contribution in [0.3, 0.4) is 0 Å². The second-order valence-corrected chi connectivity index (χ2v) is 6.26. The van der Waals surface area contributed by atoms with Crippen molar-refractivity contribution in [1.82, 2.24) is 9.71 Å². The standard InChI is InChI=1S/C12H19N3O3S/c1-2-13-12-4-3-11(8-14-12)19(16,17)15-7-10-5-6-18-9-10/h3-4,8,10,15H,2,5-7,9H2,1H3,(H,13,14). The Morgan fingerprint density at radius 3 is 2.89 bits per heavy atom. The first-order valence-electron chi connectivity index (χ1n) is 6.39. The van der Waals surface area contributed by atoms with E-state index in [9.17, 15) is 8.42 Å². The molecule has 1 fully saturated rings. The second kappa shape index (κ2) is 6.31. The average molecular weight is 285 g/mol. The molecule has 1 saturated heterocycles. The van der Waals surface area contributed by atoms with E-state index in [-0.39, 0.29) is 10.8 Å². The van der Waals surface area contributed by atoms with E-state index < -0.39 is 10.0 Å². The first-order chi connectivity index (χ1) is 9.12. The average Bonchev–Trinajstić information content (AvgIpc) is 2.91. The molecule has 0 amide bonds. The quantitative estimate of drug-likeness (QED) is 0.809. The molecular formula is C12H19N3O3S. The molecule has 2 N–H and O–H groups in total. The van der Waals surface area contributed by atoms with Gasteiger partial charge in [0.05, 0.1) is 6.61 Å². The number of aromatic nitrogens is 1. The molecule has 6 nitrogen and oxygen atoms in total. The van der Waals surface area contributed by atoms with E-state index in [2.05, 4.69) is 15.0 Å². The lowest BCUT2D eigenvalue weighted by Crippen LogP contribution is -2.29. The zero-order chi connectivity index (χ0) is 13.7. The van der Waals surface area contributed by atoms with Crippen molar-refractivity contribution in [1.29, 1.82) is 0 Å². The molecule has 1 aromatic rings. The molecule has 7 heteroatoms. The van der Waals surface area contributed by atoms with Gasteiger partial charge in [-0.25, -0.2) is 18.1 Å². The molecule has 1 aliphatic rings. The number of pyridine rings is 1. The van der Waals surface area contributed by atoms with E-state index in [0.717, 1.165) is 13.0 Å². The Hall–Kier alpha value is -1.18. The van der Waals surface area contributed by atoms with E-state index in [1.54, 1.807) is 12.1 Å². The van der Waals surface area contributed by atoms with Gasteiger partial charge in [0.25, 0.3) is 0 Å². The molecular weight excluding hydrogens is 266 g/mol. The number of hydrogen-bond donors (Lipinski definition) is 2. The third-order valence-electron chi connectivity index (χ3n) is 2.99. The Morgan fingerprint density at radius 2 is 2.32 bits per heavy atom. The molecule has 2 heterocycles. The highest BCUT2D eigenvalue weighted by molar-refractivity contribution is 7.89. The van der Waals surface area contributed by atoms with Crippen LogP contribution in [0.1, 0.15) is 13.3 Å². The number of anilines is 1. The van der Waals surface area contributed by atoms with Gasteiger partial charge in [-0.2, -0.15) is 0 Å². The fraction of sp³-hybridized carbons (Fsp3) is 0.583. The highest BCUT2D eigenvalue weighted by atomic mass is 32.2. The summed E-state index contributed by atoms with van der Waals surface area (Å²) in [6.07, 6.45) is 2.27. The molecule has 106 valence electrons. The van der Waals surface area contributed by atoms with Crippen LogP contribution < -0.4 is 10.0 Å². The maximum atomic E-state index is 12.0. The smallest absolute Gasteiger partial charge is 0.242 e.